The van der Waals surface area contributed by atoms with Gasteiger partial charge in [-0.05, 0) is 35.2 Å². The van der Waals surface area contributed by atoms with Crippen molar-refractivity contribution in [1.29, 1.82) is 0 Å². The van der Waals surface area contributed by atoms with Gasteiger partial charge in [-0.25, -0.2) is 0 Å². The first-order valence-corrected chi connectivity index (χ1v) is 9.31. The zero-order chi connectivity index (χ0) is 19.8. The smallest absolute Gasteiger partial charge is 0.232 e. The average Bonchev–Trinajstić information content (AvgIpc) is 2.75. The maximum atomic E-state index is 13.1. The number of hydrogen-bond acceptors (Lipinski definition) is 3. The Morgan fingerprint density at radius 2 is 1.46 bits per heavy atom. The summed E-state index contributed by atoms with van der Waals surface area (Å²) in [6.45, 7) is 0.583. The van der Waals surface area contributed by atoms with Crippen LogP contribution in [0.2, 0.25) is 0 Å². The Morgan fingerprint density at radius 3 is 2.11 bits per heavy atom. The summed E-state index contributed by atoms with van der Waals surface area (Å²) < 4.78 is 10.8. The molecule has 28 heavy (non-hydrogen) atoms. The molecule has 1 atom stereocenters. The van der Waals surface area contributed by atoms with Crippen LogP contribution in [0.25, 0.3) is 0 Å². The van der Waals surface area contributed by atoms with Crippen LogP contribution in [0.5, 0.6) is 11.5 Å². The van der Waals surface area contributed by atoms with Crippen molar-refractivity contribution in [3.05, 3.63) is 95.6 Å². The quantitative estimate of drug-likeness (QED) is 0.642. The van der Waals surface area contributed by atoms with Gasteiger partial charge in [0.2, 0.25) is 5.91 Å². The van der Waals surface area contributed by atoms with Crippen molar-refractivity contribution in [2.45, 2.75) is 12.3 Å². The van der Waals surface area contributed by atoms with E-state index in [9.17, 15) is 4.79 Å². The van der Waals surface area contributed by atoms with Crippen LogP contribution in [0.4, 0.5) is 0 Å². The van der Waals surface area contributed by atoms with Crippen LogP contribution in [0.3, 0.4) is 0 Å². The Hall–Kier alpha value is -3.27. The Labute approximate surface area is 166 Å². The number of methoxy groups -OCH3 is 2. The monoisotopic (exact) mass is 375 g/mol. The molecule has 1 amide bonds. The van der Waals surface area contributed by atoms with Gasteiger partial charge in [-0.3, -0.25) is 4.79 Å². The van der Waals surface area contributed by atoms with E-state index < -0.39 is 5.92 Å². The van der Waals surface area contributed by atoms with Crippen molar-refractivity contribution in [3.63, 3.8) is 0 Å². The second kappa shape index (κ2) is 9.60. The van der Waals surface area contributed by atoms with Crippen LogP contribution < -0.4 is 14.8 Å². The van der Waals surface area contributed by atoms with E-state index in [1.807, 2.05) is 66.7 Å². The van der Waals surface area contributed by atoms with Crippen LogP contribution in [0.1, 0.15) is 22.6 Å². The highest BCUT2D eigenvalue weighted by Gasteiger charge is 2.23. The molecule has 0 aliphatic heterocycles. The fourth-order valence-corrected chi connectivity index (χ4v) is 3.25. The molecule has 4 heteroatoms. The molecular formula is C24H25NO3. The van der Waals surface area contributed by atoms with Crippen molar-refractivity contribution >= 4 is 5.91 Å². The first kappa shape index (κ1) is 19.5. The van der Waals surface area contributed by atoms with Gasteiger partial charge in [-0.15, -0.1) is 0 Å². The lowest BCUT2D eigenvalue weighted by Gasteiger charge is -2.19. The van der Waals surface area contributed by atoms with Gasteiger partial charge in [0.15, 0.2) is 11.5 Å². The molecule has 0 aromatic heterocycles. The second-order valence-corrected chi connectivity index (χ2v) is 6.48. The second-order valence-electron chi connectivity index (χ2n) is 6.48. The van der Waals surface area contributed by atoms with E-state index in [2.05, 4.69) is 17.4 Å². The maximum absolute atomic E-state index is 13.1. The Bertz CT molecular complexity index is 894. The fraction of sp³-hybridized carbons (Fsp3) is 0.208. The SMILES string of the molecule is COc1ccc(C(C(=O)NCCc2ccccc2)c2ccccc2)cc1OC. The summed E-state index contributed by atoms with van der Waals surface area (Å²) in [7, 11) is 3.20. The third-order valence-corrected chi connectivity index (χ3v) is 4.69. The molecule has 0 saturated heterocycles. The predicted molar refractivity (Wildman–Crippen MR) is 111 cm³/mol. The molecule has 0 radical (unpaired) electrons. The molecule has 0 saturated carbocycles. The number of ether oxygens (including phenoxy) is 2. The minimum absolute atomic E-state index is 0.0330. The first-order valence-electron chi connectivity index (χ1n) is 9.31. The summed E-state index contributed by atoms with van der Waals surface area (Å²) in [6.07, 6.45) is 0.792. The molecule has 0 fully saturated rings. The van der Waals surface area contributed by atoms with E-state index >= 15 is 0 Å². The van der Waals surface area contributed by atoms with Gasteiger partial charge in [-0.1, -0.05) is 66.7 Å². The van der Waals surface area contributed by atoms with Gasteiger partial charge < -0.3 is 14.8 Å². The zero-order valence-corrected chi connectivity index (χ0v) is 16.2. The van der Waals surface area contributed by atoms with Gasteiger partial charge >= 0.3 is 0 Å². The highest BCUT2D eigenvalue weighted by atomic mass is 16.5. The van der Waals surface area contributed by atoms with Crippen LogP contribution in [0.15, 0.2) is 78.9 Å². The van der Waals surface area contributed by atoms with Crippen LogP contribution in [-0.2, 0) is 11.2 Å². The van der Waals surface area contributed by atoms with E-state index in [-0.39, 0.29) is 5.91 Å². The molecule has 0 spiro atoms. The van der Waals surface area contributed by atoms with Crippen molar-refractivity contribution in [2.24, 2.45) is 0 Å². The number of carbonyl (C=O) groups excluding carboxylic acids is 1. The van der Waals surface area contributed by atoms with E-state index in [0.29, 0.717) is 18.0 Å². The zero-order valence-electron chi connectivity index (χ0n) is 16.2. The minimum Gasteiger partial charge on any atom is -0.493 e. The summed E-state index contributed by atoms with van der Waals surface area (Å²) in [5.74, 6) is 0.798. The van der Waals surface area contributed by atoms with Crippen LogP contribution in [-0.4, -0.2) is 26.7 Å². The van der Waals surface area contributed by atoms with Crippen LogP contribution >= 0.6 is 0 Å². The lowest BCUT2D eigenvalue weighted by molar-refractivity contribution is -0.121. The van der Waals surface area contributed by atoms with Gasteiger partial charge in [0.25, 0.3) is 0 Å². The normalized spacial score (nSPS) is 11.5. The van der Waals surface area contributed by atoms with Crippen molar-refractivity contribution < 1.29 is 14.3 Å². The third kappa shape index (κ3) is 4.71. The van der Waals surface area contributed by atoms with Crippen molar-refractivity contribution in [3.8, 4) is 11.5 Å². The largest absolute Gasteiger partial charge is 0.493 e. The summed E-state index contributed by atoms with van der Waals surface area (Å²) in [4.78, 5) is 13.1. The molecule has 0 aliphatic rings. The number of carbonyl (C=O) groups is 1. The van der Waals surface area contributed by atoms with E-state index in [4.69, 9.17) is 9.47 Å². The topological polar surface area (TPSA) is 47.6 Å². The van der Waals surface area contributed by atoms with Crippen molar-refractivity contribution in [2.75, 3.05) is 20.8 Å². The predicted octanol–water partition coefficient (Wildman–Crippen LogP) is 4.19. The molecular weight excluding hydrogens is 350 g/mol. The fourth-order valence-electron chi connectivity index (χ4n) is 3.25. The molecule has 0 bridgehead atoms. The Morgan fingerprint density at radius 1 is 0.821 bits per heavy atom. The van der Waals surface area contributed by atoms with Gasteiger partial charge in [0, 0.05) is 6.54 Å². The molecule has 3 aromatic rings. The van der Waals surface area contributed by atoms with Crippen molar-refractivity contribution in [1.82, 2.24) is 5.32 Å². The molecule has 1 unspecified atom stereocenters. The summed E-state index contributed by atoms with van der Waals surface area (Å²) >= 11 is 0. The molecule has 1 N–H and O–H groups in total. The maximum Gasteiger partial charge on any atom is 0.232 e. The van der Waals surface area contributed by atoms with Gasteiger partial charge in [-0.2, -0.15) is 0 Å². The number of rotatable bonds is 8. The average molecular weight is 375 g/mol. The highest BCUT2D eigenvalue weighted by Crippen LogP contribution is 2.33. The first-order chi connectivity index (χ1) is 13.7. The third-order valence-electron chi connectivity index (χ3n) is 4.69. The van der Waals surface area contributed by atoms with Gasteiger partial charge in [0.1, 0.15) is 0 Å². The summed E-state index contributed by atoms with van der Waals surface area (Å²) in [5, 5.41) is 3.08. The molecule has 3 aromatic carbocycles. The number of hydrogen-bond donors (Lipinski definition) is 1. The molecule has 144 valence electrons. The van der Waals surface area contributed by atoms with Gasteiger partial charge in [0.05, 0.1) is 20.1 Å². The van der Waals surface area contributed by atoms with Crippen LogP contribution in [0, 0.1) is 0 Å². The Kier molecular flexibility index (Phi) is 6.68. The molecule has 0 aliphatic carbocycles. The standard InChI is InChI=1S/C24H25NO3/c1-27-21-14-13-20(17-22(21)28-2)23(19-11-7-4-8-12-19)24(26)25-16-15-18-9-5-3-6-10-18/h3-14,17,23H,15-16H2,1-2H3,(H,25,26). The number of amides is 1. The van der Waals surface area contributed by atoms with E-state index in [1.54, 1.807) is 14.2 Å². The lowest BCUT2D eigenvalue weighted by Crippen LogP contribution is -2.31. The number of benzene rings is 3. The van der Waals surface area contributed by atoms with E-state index in [0.717, 1.165) is 17.5 Å². The number of nitrogens with one attached hydrogen (secondary N) is 1. The minimum atomic E-state index is -0.420. The summed E-state index contributed by atoms with van der Waals surface area (Å²) in [5.41, 5.74) is 3.00. The highest BCUT2D eigenvalue weighted by molar-refractivity contribution is 5.87. The molecule has 4 nitrogen and oxygen atoms in total. The Balaban J connectivity index is 1.82. The molecule has 0 heterocycles. The summed E-state index contributed by atoms with van der Waals surface area (Å²) in [6, 6.07) is 25.5. The molecule has 3 rings (SSSR count). The van der Waals surface area contributed by atoms with E-state index in [1.165, 1.54) is 5.56 Å². The lowest BCUT2D eigenvalue weighted by atomic mass is 9.90.